The van der Waals surface area contributed by atoms with Crippen molar-refractivity contribution in [1.29, 1.82) is 0 Å². The van der Waals surface area contributed by atoms with Gasteiger partial charge < -0.3 is 10.8 Å². The predicted octanol–water partition coefficient (Wildman–Crippen LogP) is 1.50. The molecule has 4 nitrogen and oxygen atoms in total. The van der Waals surface area contributed by atoms with Gasteiger partial charge in [-0.05, 0) is 38.7 Å². The number of aryl methyl sites for hydroxylation is 3. The van der Waals surface area contributed by atoms with Crippen LogP contribution in [-0.4, -0.2) is 27.0 Å². The van der Waals surface area contributed by atoms with Crippen molar-refractivity contribution in [1.82, 2.24) is 9.78 Å². The van der Waals surface area contributed by atoms with Crippen molar-refractivity contribution in [2.45, 2.75) is 58.6 Å². The zero-order valence-corrected chi connectivity index (χ0v) is 11.2. The summed E-state index contributed by atoms with van der Waals surface area (Å²) < 4.78 is 2.06. The number of hydrogen-bond donors (Lipinski definition) is 2. The molecule has 0 saturated heterocycles. The summed E-state index contributed by atoms with van der Waals surface area (Å²) in [5.74, 6) is 0. The SMILES string of the molecule is CCc1cc(CC)n(CCCC(C)(O)CN)n1. The van der Waals surface area contributed by atoms with Crippen molar-refractivity contribution in [3.63, 3.8) is 0 Å². The van der Waals surface area contributed by atoms with Crippen molar-refractivity contribution >= 4 is 0 Å². The van der Waals surface area contributed by atoms with Gasteiger partial charge in [0.1, 0.15) is 0 Å². The first-order valence-electron chi connectivity index (χ1n) is 6.50. The number of aliphatic hydroxyl groups is 1. The highest BCUT2D eigenvalue weighted by Crippen LogP contribution is 2.13. The first kappa shape index (κ1) is 14.2. The van der Waals surface area contributed by atoms with E-state index in [4.69, 9.17) is 5.73 Å². The molecule has 0 aliphatic rings. The number of nitrogens with two attached hydrogens (primary N) is 1. The lowest BCUT2D eigenvalue weighted by Crippen LogP contribution is -2.34. The molecule has 98 valence electrons. The van der Waals surface area contributed by atoms with E-state index in [9.17, 15) is 5.11 Å². The Morgan fingerprint density at radius 2 is 2.12 bits per heavy atom. The third-order valence-corrected chi connectivity index (χ3v) is 3.16. The molecule has 3 N–H and O–H groups in total. The number of hydrogen-bond acceptors (Lipinski definition) is 3. The van der Waals surface area contributed by atoms with E-state index >= 15 is 0 Å². The molecule has 1 atom stereocenters. The average Bonchev–Trinajstić information content (AvgIpc) is 2.71. The molecule has 0 aliphatic heterocycles. The molecule has 0 amide bonds. The molecule has 1 heterocycles. The fourth-order valence-electron chi connectivity index (χ4n) is 1.88. The highest BCUT2D eigenvalue weighted by Gasteiger charge is 2.17. The lowest BCUT2D eigenvalue weighted by Gasteiger charge is -2.20. The summed E-state index contributed by atoms with van der Waals surface area (Å²) in [7, 11) is 0. The van der Waals surface area contributed by atoms with E-state index in [0.29, 0.717) is 13.0 Å². The van der Waals surface area contributed by atoms with Gasteiger partial charge in [0.25, 0.3) is 0 Å². The van der Waals surface area contributed by atoms with Crippen LogP contribution in [0.15, 0.2) is 6.07 Å². The number of aromatic nitrogens is 2. The monoisotopic (exact) mass is 239 g/mol. The van der Waals surface area contributed by atoms with E-state index in [1.165, 1.54) is 5.69 Å². The van der Waals surface area contributed by atoms with E-state index in [0.717, 1.165) is 31.5 Å². The predicted molar refractivity (Wildman–Crippen MR) is 69.9 cm³/mol. The Labute approximate surface area is 104 Å². The van der Waals surface area contributed by atoms with Crippen molar-refractivity contribution in [2.75, 3.05) is 6.54 Å². The summed E-state index contributed by atoms with van der Waals surface area (Å²) in [5, 5.41) is 14.4. The largest absolute Gasteiger partial charge is 0.389 e. The fourth-order valence-corrected chi connectivity index (χ4v) is 1.88. The maximum atomic E-state index is 9.82. The first-order chi connectivity index (χ1) is 8.02. The van der Waals surface area contributed by atoms with Crippen molar-refractivity contribution in [3.05, 3.63) is 17.5 Å². The van der Waals surface area contributed by atoms with E-state index in [1.807, 2.05) is 0 Å². The van der Waals surface area contributed by atoms with Gasteiger partial charge in [-0.3, -0.25) is 4.68 Å². The highest BCUT2D eigenvalue weighted by molar-refractivity contribution is 5.10. The van der Waals surface area contributed by atoms with E-state index < -0.39 is 5.60 Å². The lowest BCUT2D eigenvalue weighted by molar-refractivity contribution is 0.0563. The van der Waals surface area contributed by atoms with Gasteiger partial charge >= 0.3 is 0 Å². The molecule has 0 spiro atoms. The Bertz CT molecular complexity index is 344. The molecule has 0 fully saturated rings. The van der Waals surface area contributed by atoms with Crippen LogP contribution < -0.4 is 5.73 Å². The minimum Gasteiger partial charge on any atom is -0.389 e. The van der Waals surface area contributed by atoms with Crippen LogP contribution >= 0.6 is 0 Å². The maximum Gasteiger partial charge on any atom is 0.0742 e. The van der Waals surface area contributed by atoms with Gasteiger partial charge in [0.2, 0.25) is 0 Å². The fraction of sp³-hybridized carbons (Fsp3) is 0.769. The summed E-state index contributed by atoms with van der Waals surface area (Å²) in [4.78, 5) is 0. The molecule has 1 rings (SSSR count). The summed E-state index contributed by atoms with van der Waals surface area (Å²) in [5.41, 5.74) is 7.17. The Kier molecular flexibility index (Phi) is 5.15. The second-order valence-electron chi connectivity index (χ2n) is 4.86. The van der Waals surface area contributed by atoms with Crippen molar-refractivity contribution in [2.24, 2.45) is 5.73 Å². The van der Waals surface area contributed by atoms with Gasteiger partial charge in [-0.15, -0.1) is 0 Å². The van der Waals surface area contributed by atoms with Crippen molar-refractivity contribution < 1.29 is 5.11 Å². The van der Waals surface area contributed by atoms with E-state index in [2.05, 4.69) is 29.7 Å². The van der Waals surface area contributed by atoms with Crippen LogP contribution in [0.5, 0.6) is 0 Å². The summed E-state index contributed by atoms with van der Waals surface area (Å²) in [6.07, 6.45) is 3.59. The standard InChI is InChI=1S/C13H25N3O/c1-4-11-9-12(5-2)16(15-11)8-6-7-13(3,17)10-14/h9,17H,4-8,10,14H2,1-3H3. The second kappa shape index (κ2) is 6.17. The molecule has 0 radical (unpaired) electrons. The van der Waals surface area contributed by atoms with Gasteiger partial charge in [-0.25, -0.2) is 0 Å². The first-order valence-corrected chi connectivity index (χ1v) is 6.50. The summed E-state index contributed by atoms with van der Waals surface area (Å²) >= 11 is 0. The van der Waals surface area contributed by atoms with Crippen LogP contribution in [-0.2, 0) is 19.4 Å². The summed E-state index contributed by atoms with van der Waals surface area (Å²) in [6, 6.07) is 2.17. The van der Waals surface area contributed by atoms with Crippen LogP contribution in [0.1, 0.15) is 45.0 Å². The Morgan fingerprint density at radius 1 is 1.41 bits per heavy atom. The highest BCUT2D eigenvalue weighted by atomic mass is 16.3. The van der Waals surface area contributed by atoms with Crippen LogP contribution in [0.25, 0.3) is 0 Å². The van der Waals surface area contributed by atoms with Gasteiger partial charge in [-0.2, -0.15) is 5.10 Å². The average molecular weight is 239 g/mol. The van der Waals surface area contributed by atoms with Gasteiger partial charge in [0, 0.05) is 18.8 Å². The number of nitrogens with zero attached hydrogens (tertiary/aromatic N) is 2. The summed E-state index contributed by atoms with van der Waals surface area (Å²) in [6.45, 7) is 7.22. The van der Waals surface area contributed by atoms with Gasteiger partial charge in [0.15, 0.2) is 0 Å². The Hall–Kier alpha value is -0.870. The zero-order valence-electron chi connectivity index (χ0n) is 11.2. The van der Waals surface area contributed by atoms with Gasteiger partial charge in [0.05, 0.1) is 11.3 Å². The molecule has 4 heteroatoms. The van der Waals surface area contributed by atoms with Crippen LogP contribution in [0, 0.1) is 0 Å². The second-order valence-corrected chi connectivity index (χ2v) is 4.86. The topological polar surface area (TPSA) is 64.1 Å². The van der Waals surface area contributed by atoms with Gasteiger partial charge in [-0.1, -0.05) is 13.8 Å². The minimum absolute atomic E-state index is 0.312. The number of rotatable bonds is 7. The van der Waals surface area contributed by atoms with Crippen LogP contribution in [0.2, 0.25) is 0 Å². The molecule has 0 aromatic carbocycles. The molecule has 1 unspecified atom stereocenters. The Morgan fingerprint density at radius 3 is 2.65 bits per heavy atom. The molecule has 1 aromatic heterocycles. The maximum absolute atomic E-state index is 9.82. The molecule has 17 heavy (non-hydrogen) atoms. The zero-order chi connectivity index (χ0) is 12.9. The molecular formula is C13H25N3O. The van der Waals surface area contributed by atoms with Crippen LogP contribution in [0.4, 0.5) is 0 Å². The normalized spacial score (nSPS) is 14.9. The Balaban J connectivity index is 2.54. The third-order valence-electron chi connectivity index (χ3n) is 3.16. The lowest BCUT2D eigenvalue weighted by atomic mass is 10.0. The molecule has 0 aliphatic carbocycles. The third kappa shape index (κ3) is 4.13. The van der Waals surface area contributed by atoms with Crippen LogP contribution in [0.3, 0.4) is 0 Å². The smallest absolute Gasteiger partial charge is 0.0742 e. The van der Waals surface area contributed by atoms with E-state index in [-0.39, 0.29) is 0 Å². The molecular weight excluding hydrogens is 214 g/mol. The quantitative estimate of drug-likeness (QED) is 0.758. The van der Waals surface area contributed by atoms with Crippen molar-refractivity contribution in [3.8, 4) is 0 Å². The molecule has 0 saturated carbocycles. The molecule has 0 bridgehead atoms. The minimum atomic E-state index is -0.743. The van der Waals surface area contributed by atoms with E-state index in [1.54, 1.807) is 6.92 Å². The molecule has 1 aromatic rings.